The molecule has 14 heavy (non-hydrogen) atoms. The normalized spacial score (nSPS) is 23.6. The van der Waals surface area contributed by atoms with Crippen LogP contribution in [-0.2, 0) is 4.79 Å². The molecule has 78 valence electrons. The van der Waals surface area contributed by atoms with Gasteiger partial charge in [-0.15, -0.1) is 0 Å². The topological polar surface area (TPSA) is 32.3 Å². The van der Waals surface area contributed by atoms with Gasteiger partial charge in [0.05, 0.1) is 0 Å². The molecule has 1 amide bonds. The number of carbonyl (C=O) groups excluding carboxylic acids is 1. The Bertz CT molecular complexity index is 246. The Morgan fingerprint density at radius 2 is 2.29 bits per heavy atom. The molecule has 1 N–H and O–H groups in total. The summed E-state index contributed by atoms with van der Waals surface area (Å²) < 4.78 is 0. The van der Waals surface area contributed by atoms with Gasteiger partial charge in [-0.25, -0.2) is 0 Å². The predicted molar refractivity (Wildman–Crippen MR) is 58.0 cm³/mol. The summed E-state index contributed by atoms with van der Waals surface area (Å²) in [6, 6.07) is 0.405. The third-order valence-electron chi connectivity index (χ3n) is 2.22. The summed E-state index contributed by atoms with van der Waals surface area (Å²) in [5.41, 5.74) is 0. The molecule has 0 aromatic heterocycles. The summed E-state index contributed by atoms with van der Waals surface area (Å²) >= 11 is 0. The minimum atomic E-state index is 0.108. The van der Waals surface area contributed by atoms with Crippen molar-refractivity contribution in [3.63, 3.8) is 0 Å². The van der Waals surface area contributed by atoms with E-state index in [-0.39, 0.29) is 5.91 Å². The van der Waals surface area contributed by atoms with Crippen LogP contribution in [0.2, 0.25) is 0 Å². The Labute approximate surface area is 85.5 Å². The van der Waals surface area contributed by atoms with Crippen LogP contribution in [-0.4, -0.2) is 36.5 Å². The molecule has 1 fully saturated rings. The second-order valence-electron chi connectivity index (χ2n) is 3.52. The number of amides is 1. The Balaban J connectivity index is 2.43. The Hall–Kier alpha value is -1.09. The number of hydrogen-bond donors (Lipinski definition) is 1. The molecule has 1 rings (SSSR count). The van der Waals surface area contributed by atoms with Gasteiger partial charge in [-0.3, -0.25) is 4.79 Å². The summed E-state index contributed by atoms with van der Waals surface area (Å²) in [5, 5.41) is 3.30. The molecule has 1 heterocycles. The fraction of sp³-hybridized carbons (Fsp3) is 0.545. The molecular formula is C11H18N2O. The first-order valence-corrected chi connectivity index (χ1v) is 5.05. The second-order valence-corrected chi connectivity index (χ2v) is 3.52. The highest BCUT2D eigenvalue weighted by Gasteiger charge is 2.17. The predicted octanol–water partition coefficient (Wildman–Crippen LogP) is 0.939. The number of allylic oxidation sites excluding steroid dienone is 3. The first-order valence-electron chi connectivity index (χ1n) is 5.05. The van der Waals surface area contributed by atoms with Crippen LogP contribution in [0.4, 0.5) is 0 Å². The zero-order valence-corrected chi connectivity index (χ0v) is 8.86. The van der Waals surface area contributed by atoms with Crippen molar-refractivity contribution in [2.75, 3.05) is 19.6 Å². The van der Waals surface area contributed by atoms with Gasteiger partial charge in [0.15, 0.2) is 0 Å². The van der Waals surface area contributed by atoms with E-state index >= 15 is 0 Å². The van der Waals surface area contributed by atoms with Crippen LogP contribution in [0, 0.1) is 0 Å². The van der Waals surface area contributed by atoms with Gasteiger partial charge in [0.1, 0.15) is 0 Å². The van der Waals surface area contributed by atoms with Crippen LogP contribution in [0.25, 0.3) is 0 Å². The lowest BCUT2D eigenvalue weighted by atomic mass is 10.2. The van der Waals surface area contributed by atoms with E-state index in [1.54, 1.807) is 12.2 Å². The van der Waals surface area contributed by atoms with Crippen molar-refractivity contribution in [2.45, 2.75) is 19.9 Å². The molecule has 3 nitrogen and oxygen atoms in total. The lowest BCUT2D eigenvalue weighted by Crippen LogP contribution is -2.50. The number of nitrogens with zero attached hydrogens (tertiary/aromatic N) is 1. The van der Waals surface area contributed by atoms with Crippen molar-refractivity contribution in [2.24, 2.45) is 0 Å². The van der Waals surface area contributed by atoms with Gasteiger partial charge in [-0.1, -0.05) is 18.2 Å². The maximum absolute atomic E-state index is 11.6. The van der Waals surface area contributed by atoms with E-state index in [9.17, 15) is 4.79 Å². The number of rotatable bonds is 2. The van der Waals surface area contributed by atoms with Crippen LogP contribution in [0.3, 0.4) is 0 Å². The van der Waals surface area contributed by atoms with Gasteiger partial charge in [0, 0.05) is 31.8 Å². The van der Waals surface area contributed by atoms with Gasteiger partial charge in [-0.2, -0.15) is 0 Å². The molecule has 1 saturated heterocycles. The summed E-state index contributed by atoms with van der Waals surface area (Å²) in [6.45, 7) is 6.53. The average Bonchev–Trinajstić information content (AvgIpc) is 2.18. The SMILES string of the molecule is CC=CC=CC(=O)N1CCN[C@H](C)C1. The summed E-state index contributed by atoms with van der Waals surface area (Å²) in [7, 11) is 0. The highest BCUT2D eigenvalue weighted by Crippen LogP contribution is 1.99. The fourth-order valence-corrected chi connectivity index (χ4v) is 1.49. The van der Waals surface area contributed by atoms with Gasteiger partial charge < -0.3 is 10.2 Å². The van der Waals surface area contributed by atoms with Crippen LogP contribution in [0.5, 0.6) is 0 Å². The number of carbonyl (C=O) groups is 1. The standard InChI is InChI=1S/C11H18N2O/c1-3-4-5-6-11(14)13-8-7-12-10(2)9-13/h3-6,10,12H,7-9H2,1-2H3/t10-/m1/s1. The van der Waals surface area contributed by atoms with Crippen molar-refractivity contribution in [1.29, 1.82) is 0 Å². The number of hydrogen-bond acceptors (Lipinski definition) is 2. The third kappa shape index (κ3) is 3.34. The van der Waals surface area contributed by atoms with Gasteiger partial charge in [0.25, 0.3) is 0 Å². The van der Waals surface area contributed by atoms with Gasteiger partial charge in [-0.05, 0) is 13.8 Å². The van der Waals surface area contributed by atoms with E-state index in [1.807, 2.05) is 24.0 Å². The molecule has 0 aromatic rings. The minimum Gasteiger partial charge on any atom is -0.336 e. The van der Waals surface area contributed by atoms with Gasteiger partial charge >= 0.3 is 0 Å². The Kier molecular flexibility index (Phi) is 4.40. The lowest BCUT2D eigenvalue weighted by molar-refractivity contribution is -0.127. The third-order valence-corrected chi connectivity index (χ3v) is 2.22. The molecule has 0 unspecified atom stereocenters. The van der Waals surface area contributed by atoms with Crippen LogP contribution in [0.1, 0.15) is 13.8 Å². The highest BCUT2D eigenvalue weighted by atomic mass is 16.2. The fourth-order valence-electron chi connectivity index (χ4n) is 1.49. The average molecular weight is 194 g/mol. The first-order chi connectivity index (χ1) is 6.74. The zero-order valence-electron chi connectivity index (χ0n) is 8.86. The van der Waals surface area contributed by atoms with E-state index in [0.29, 0.717) is 6.04 Å². The number of nitrogens with one attached hydrogen (secondary N) is 1. The van der Waals surface area contributed by atoms with E-state index < -0.39 is 0 Å². The van der Waals surface area contributed by atoms with Gasteiger partial charge in [0.2, 0.25) is 5.91 Å². The van der Waals surface area contributed by atoms with E-state index in [0.717, 1.165) is 19.6 Å². The lowest BCUT2D eigenvalue weighted by Gasteiger charge is -2.31. The minimum absolute atomic E-state index is 0.108. The molecule has 0 radical (unpaired) electrons. The molecule has 0 spiro atoms. The number of piperazine rings is 1. The first kappa shape index (κ1) is 11.0. The highest BCUT2D eigenvalue weighted by molar-refractivity contribution is 5.88. The van der Waals surface area contributed by atoms with Crippen molar-refractivity contribution < 1.29 is 4.79 Å². The maximum Gasteiger partial charge on any atom is 0.246 e. The van der Waals surface area contributed by atoms with E-state index in [1.165, 1.54) is 0 Å². The Morgan fingerprint density at radius 3 is 2.93 bits per heavy atom. The van der Waals surface area contributed by atoms with E-state index in [4.69, 9.17) is 0 Å². The smallest absolute Gasteiger partial charge is 0.246 e. The van der Waals surface area contributed by atoms with E-state index in [2.05, 4.69) is 12.2 Å². The molecule has 0 aliphatic carbocycles. The largest absolute Gasteiger partial charge is 0.336 e. The monoisotopic (exact) mass is 194 g/mol. The molecule has 1 aliphatic rings. The quantitative estimate of drug-likeness (QED) is 0.524. The molecule has 1 aliphatic heterocycles. The van der Waals surface area contributed by atoms with Crippen molar-refractivity contribution in [3.8, 4) is 0 Å². The molecule has 0 aromatic carbocycles. The molecule has 3 heteroatoms. The van der Waals surface area contributed by atoms with Crippen LogP contribution in [0.15, 0.2) is 24.3 Å². The summed E-state index contributed by atoms with van der Waals surface area (Å²) in [4.78, 5) is 13.5. The van der Waals surface area contributed by atoms with Crippen molar-refractivity contribution >= 4 is 5.91 Å². The maximum atomic E-state index is 11.6. The summed E-state index contributed by atoms with van der Waals surface area (Å²) in [5.74, 6) is 0.108. The summed E-state index contributed by atoms with van der Waals surface area (Å²) in [6.07, 6.45) is 7.18. The van der Waals surface area contributed by atoms with Crippen LogP contribution < -0.4 is 5.32 Å². The Morgan fingerprint density at radius 1 is 1.50 bits per heavy atom. The molecular weight excluding hydrogens is 176 g/mol. The van der Waals surface area contributed by atoms with Crippen molar-refractivity contribution in [3.05, 3.63) is 24.3 Å². The molecule has 0 saturated carbocycles. The molecule has 1 atom stereocenters. The zero-order chi connectivity index (χ0) is 10.4. The second kappa shape index (κ2) is 5.60. The molecule has 0 bridgehead atoms. The van der Waals surface area contributed by atoms with Crippen LogP contribution >= 0.6 is 0 Å². The van der Waals surface area contributed by atoms with Crippen molar-refractivity contribution in [1.82, 2.24) is 10.2 Å².